The molecule has 1 rings (SSSR count). The quantitative estimate of drug-likeness (QED) is 0.315. The van der Waals surface area contributed by atoms with Crippen molar-refractivity contribution in [3.8, 4) is 0 Å². The van der Waals surface area contributed by atoms with Crippen LogP contribution in [0.1, 0.15) is 84.0 Å². The zero-order chi connectivity index (χ0) is 20.3. The summed E-state index contributed by atoms with van der Waals surface area (Å²) in [5.41, 5.74) is 0. The molecule has 162 valence electrons. The van der Waals surface area contributed by atoms with Gasteiger partial charge >= 0.3 is 0 Å². The van der Waals surface area contributed by atoms with Gasteiger partial charge in [-0.25, -0.2) is 0 Å². The third-order valence-electron chi connectivity index (χ3n) is 5.05. The summed E-state index contributed by atoms with van der Waals surface area (Å²) in [7, 11) is 0. The molecule has 0 unspecified atom stereocenters. The van der Waals surface area contributed by atoms with Crippen molar-refractivity contribution < 1.29 is 19.7 Å². The van der Waals surface area contributed by atoms with Gasteiger partial charge in [-0.15, -0.1) is 0 Å². The molecule has 1 fully saturated rings. The van der Waals surface area contributed by atoms with Gasteiger partial charge in [-0.3, -0.25) is 0 Å². The van der Waals surface area contributed by atoms with Crippen LogP contribution in [0.15, 0.2) is 12.2 Å². The summed E-state index contributed by atoms with van der Waals surface area (Å²) in [4.78, 5) is 0. The van der Waals surface area contributed by atoms with Crippen LogP contribution in [0, 0.1) is 25.7 Å². The van der Waals surface area contributed by atoms with Crippen LogP contribution in [0.2, 0.25) is 0 Å². The van der Waals surface area contributed by atoms with Gasteiger partial charge in [0.1, 0.15) is 6.10 Å². The topological polar surface area (TPSA) is 58.9 Å². The Morgan fingerprint density at radius 1 is 0.929 bits per heavy atom. The van der Waals surface area contributed by atoms with E-state index in [-0.39, 0.29) is 6.61 Å². The predicted octanol–water partition coefficient (Wildman–Crippen LogP) is 5.16. The number of hydrogen-bond donors (Lipinski definition) is 2. The highest BCUT2D eigenvalue weighted by Gasteiger charge is 2.30. The van der Waals surface area contributed by atoms with Crippen LogP contribution < -0.4 is 0 Å². The fourth-order valence-electron chi connectivity index (χ4n) is 3.26. The lowest BCUT2D eigenvalue weighted by molar-refractivity contribution is -0.190. The Labute approximate surface area is 173 Å². The lowest BCUT2D eigenvalue weighted by Gasteiger charge is -2.32. The summed E-state index contributed by atoms with van der Waals surface area (Å²) in [5, 5.41) is 18.7. The first kappa shape index (κ1) is 25.6. The van der Waals surface area contributed by atoms with E-state index in [1.54, 1.807) is 12.8 Å². The van der Waals surface area contributed by atoms with Crippen LogP contribution in [0.5, 0.6) is 0 Å². The first-order valence-corrected chi connectivity index (χ1v) is 11.3. The second-order valence-corrected chi connectivity index (χ2v) is 7.61. The highest BCUT2D eigenvalue weighted by molar-refractivity contribution is 5.04. The predicted molar refractivity (Wildman–Crippen MR) is 115 cm³/mol. The van der Waals surface area contributed by atoms with Crippen molar-refractivity contribution >= 4 is 0 Å². The van der Waals surface area contributed by atoms with Gasteiger partial charge in [0, 0.05) is 12.8 Å². The molecular formula is C24H42O4. The number of ether oxygens (including phenoxy) is 2. The van der Waals surface area contributed by atoms with Gasteiger partial charge in [-0.05, 0) is 25.7 Å². The Kier molecular flexibility index (Phi) is 17.0. The average Bonchev–Trinajstić information content (AvgIpc) is 2.71. The maximum absolute atomic E-state index is 9.56. The number of hydrogen-bond acceptors (Lipinski definition) is 4. The van der Waals surface area contributed by atoms with Gasteiger partial charge in [-0.2, -0.15) is 0 Å². The summed E-state index contributed by atoms with van der Waals surface area (Å²) in [5.74, 6) is 0. The van der Waals surface area contributed by atoms with E-state index in [1.165, 1.54) is 70.6 Å². The van der Waals surface area contributed by atoms with E-state index in [4.69, 9.17) is 14.6 Å². The van der Waals surface area contributed by atoms with E-state index in [0.29, 0.717) is 6.61 Å². The van der Waals surface area contributed by atoms with Gasteiger partial charge in [-0.1, -0.05) is 83.3 Å². The zero-order valence-corrected chi connectivity index (χ0v) is 17.8. The Morgan fingerprint density at radius 2 is 1.57 bits per heavy atom. The van der Waals surface area contributed by atoms with Crippen molar-refractivity contribution in [1.29, 1.82) is 0 Å². The molecule has 0 aromatic heterocycles. The van der Waals surface area contributed by atoms with Gasteiger partial charge in [0.2, 0.25) is 0 Å². The Hall–Kier alpha value is -0.420. The molecule has 0 aliphatic carbocycles. The van der Waals surface area contributed by atoms with Gasteiger partial charge in [0.15, 0.2) is 6.29 Å². The van der Waals surface area contributed by atoms with Crippen LogP contribution in [-0.4, -0.2) is 41.9 Å². The van der Waals surface area contributed by atoms with Gasteiger partial charge in [0.05, 0.1) is 19.3 Å². The summed E-state index contributed by atoms with van der Waals surface area (Å²) in [6.45, 7) is 2.49. The first-order valence-electron chi connectivity index (χ1n) is 11.3. The second kappa shape index (κ2) is 18.6. The maximum Gasteiger partial charge on any atom is 0.161 e. The summed E-state index contributed by atoms with van der Waals surface area (Å²) >= 11 is 0. The van der Waals surface area contributed by atoms with Crippen LogP contribution in [0.3, 0.4) is 0 Å². The molecule has 1 saturated heterocycles. The largest absolute Gasteiger partial charge is 0.394 e. The molecule has 1 heterocycles. The van der Waals surface area contributed by atoms with Crippen LogP contribution in [-0.2, 0) is 9.47 Å². The number of aliphatic hydroxyl groups excluding tert-OH is 2. The lowest BCUT2D eigenvalue weighted by Crippen LogP contribution is -2.43. The Bertz CT molecular complexity index is 359. The molecule has 28 heavy (non-hydrogen) atoms. The molecule has 4 radical (unpaired) electrons. The van der Waals surface area contributed by atoms with Crippen LogP contribution in [0.25, 0.3) is 0 Å². The van der Waals surface area contributed by atoms with E-state index >= 15 is 0 Å². The number of allylic oxidation sites excluding steroid dienone is 2. The van der Waals surface area contributed by atoms with E-state index in [1.807, 2.05) is 12.8 Å². The van der Waals surface area contributed by atoms with Crippen molar-refractivity contribution in [2.75, 3.05) is 13.2 Å². The Morgan fingerprint density at radius 3 is 2.21 bits per heavy atom. The molecule has 4 nitrogen and oxygen atoms in total. The maximum atomic E-state index is 9.56. The molecular weight excluding hydrogens is 352 g/mol. The van der Waals surface area contributed by atoms with E-state index in [0.717, 1.165) is 6.42 Å². The lowest BCUT2D eigenvalue weighted by atomic mass is 10.1. The van der Waals surface area contributed by atoms with Crippen molar-refractivity contribution in [2.24, 2.45) is 0 Å². The van der Waals surface area contributed by atoms with E-state index < -0.39 is 18.5 Å². The number of rotatable bonds is 18. The smallest absolute Gasteiger partial charge is 0.161 e. The van der Waals surface area contributed by atoms with Crippen LogP contribution in [0.4, 0.5) is 0 Å². The van der Waals surface area contributed by atoms with Gasteiger partial charge < -0.3 is 19.7 Å². The van der Waals surface area contributed by atoms with Crippen molar-refractivity contribution in [1.82, 2.24) is 0 Å². The minimum absolute atomic E-state index is 0.219. The molecule has 4 heteroatoms. The summed E-state index contributed by atoms with van der Waals surface area (Å²) in [6.07, 6.45) is 25.9. The number of aliphatic hydroxyl groups is 2. The van der Waals surface area contributed by atoms with Crippen molar-refractivity contribution in [2.45, 2.75) is 102 Å². The summed E-state index contributed by atoms with van der Waals surface area (Å²) < 4.78 is 10.9. The van der Waals surface area contributed by atoms with Crippen molar-refractivity contribution in [3.63, 3.8) is 0 Å². The van der Waals surface area contributed by atoms with Crippen molar-refractivity contribution in [3.05, 3.63) is 37.8 Å². The molecule has 0 amide bonds. The third kappa shape index (κ3) is 13.7. The van der Waals surface area contributed by atoms with Gasteiger partial charge in [0.25, 0.3) is 0 Å². The molecule has 3 atom stereocenters. The molecule has 1 aliphatic rings. The molecule has 2 N–H and O–H groups in total. The SMILES string of the molecule is CCCCCCCCCCCCCC=C[CH][CH]CO[C@H]1[CH][CH][C@H](O)[C@@H](CO)O1. The van der Waals surface area contributed by atoms with Crippen LogP contribution >= 0.6 is 0 Å². The minimum Gasteiger partial charge on any atom is -0.394 e. The number of unbranched alkanes of at least 4 members (excludes halogenated alkanes) is 12. The molecule has 1 aliphatic heterocycles. The molecule has 0 saturated carbocycles. The van der Waals surface area contributed by atoms with E-state index in [9.17, 15) is 5.11 Å². The molecule has 0 spiro atoms. The molecule has 0 aromatic rings. The summed E-state index contributed by atoms with van der Waals surface area (Å²) in [6, 6.07) is 0. The standard InChI is InChI=1S/C24H42O4/c1-2-3-4-5-6-7-8-9-10-11-12-13-14-15-16-17-20-27-24-19-18-22(26)23(21-25)28-24/h14-19,22-26H,2-13,20-21H2,1H3/t22-,23+,24+/m0/s1. The monoisotopic (exact) mass is 394 g/mol. The molecule has 0 aromatic carbocycles. The average molecular weight is 395 g/mol. The second-order valence-electron chi connectivity index (χ2n) is 7.61. The fourth-order valence-corrected chi connectivity index (χ4v) is 3.26. The minimum atomic E-state index is -0.765. The Balaban J connectivity index is 1.80. The normalized spacial score (nSPS) is 22.9. The highest BCUT2D eigenvalue weighted by Crippen LogP contribution is 2.18. The first-order chi connectivity index (χ1) is 13.8. The van der Waals surface area contributed by atoms with E-state index in [2.05, 4.69) is 19.1 Å². The molecule has 0 bridgehead atoms. The zero-order valence-electron chi connectivity index (χ0n) is 17.8. The fraction of sp³-hybridized carbons (Fsp3) is 0.750. The highest BCUT2D eigenvalue weighted by atomic mass is 16.7. The third-order valence-corrected chi connectivity index (χ3v) is 5.05.